The fraction of sp³-hybridized carbons (Fsp3) is 0.400. The zero-order valence-electron chi connectivity index (χ0n) is 7.34. The molecule has 1 atom stereocenters. The van der Waals surface area contributed by atoms with E-state index >= 15 is 0 Å². The fourth-order valence-electron chi connectivity index (χ4n) is 1.08. The Morgan fingerprint density at radius 1 is 1.23 bits per heavy atom. The highest BCUT2D eigenvalue weighted by atomic mass is 35.5. The van der Waals surface area contributed by atoms with E-state index in [-0.39, 0.29) is 5.38 Å². The van der Waals surface area contributed by atoms with Crippen LogP contribution in [-0.2, 0) is 0 Å². The van der Waals surface area contributed by atoms with Crippen LogP contribution in [0.2, 0.25) is 0 Å². The van der Waals surface area contributed by atoms with Gasteiger partial charge in [0.25, 0.3) is 0 Å². The summed E-state index contributed by atoms with van der Waals surface area (Å²) in [6.45, 7) is 1.57. The van der Waals surface area contributed by atoms with Gasteiger partial charge in [0.2, 0.25) is 0 Å². The lowest BCUT2D eigenvalue weighted by atomic mass is 10.1. The van der Waals surface area contributed by atoms with Crippen LogP contribution in [0.4, 0.5) is 0 Å². The van der Waals surface area contributed by atoms with Crippen LogP contribution < -0.4 is 5.32 Å². The van der Waals surface area contributed by atoms with E-state index in [9.17, 15) is 0 Å². The van der Waals surface area contributed by atoms with E-state index in [0.717, 1.165) is 18.7 Å². The van der Waals surface area contributed by atoms with Crippen molar-refractivity contribution < 1.29 is 0 Å². The van der Waals surface area contributed by atoms with Crippen molar-refractivity contribution in [2.45, 2.75) is 5.38 Å². The van der Waals surface area contributed by atoms with Crippen molar-refractivity contribution in [1.82, 2.24) is 5.32 Å². The molecule has 3 heteroatoms. The van der Waals surface area contributed by atoms with E-state index in [1.807, 2.05) is 30.3 Å². The minimum atomic E-state index is 0.0319. The van der Waals surface area contributed by atoms with Crippen molar-refractivity contribution in [3.05, 3.63) is 35.9 Å². The van der Waals surface area contributed by atoms with Crippen LogP contribution in [0.1, 0.15) is 10.9 Å². The van der Waals surface area contributed by atoms with Gasteiger partial charge in [0.15, 0.2) is 0 Å². The third-order valence-electron chi connectivity index (χ3n) is 1.76. The first-order chi connectivity index (χ1) is 6.34. The molecule has 0 saturated heterocycles. The zero-order valence-corrected chi connectivity index (χ0v) is 8.85. The average molecular weight is 218 g/mol. The highest BCUT2D eigenvalue weighted by Crippen LogP contribution is 2.18. The van der Waals surface area contributed by atoms with Crippen molar-refractivity contribution in [3.63, 3.8) is 0 Å². The van der Waals surface area contributed by atoms with E-state index in [1.54, 1.807) is 0 Å². The van der Waals surface area contributed by atoms with Gasteiger partial charge in [-0.1, -0.05) is 30.3 Å². The largest absolute Gasteiger partial charge is 0.314 e. The third-order valence-corrected chi connectivity index (χ3v) is 2.35. The number of hydrogen-bond donors (Lipinski definition) is 1. The van der Waals surface area contributed by atoms with Crippen molar-refractivity contribution >= 4 is 23.2 Å². The molecule has 13 heavy (non-hydrogen) atoms. The molecule has 0 heterocycles. The van der Waals surface area contributed by atoms with Gasteiger partial charge in [0.1, 0.15) is 0 Å². The normalized spacial score (nSPS) is 12.8. The highest BCUT2D eigenvalue weighted by Gasteiger charge is 2.05. The molecule has 72 valence electrons. The van der Waals surface area contributed by atoms with E-state index in [2.05, 4.69) is 5.32 Å². The summed E-state index contributed by atoms with van der Waals surface area (Å²) in [7, 11) is 0. The molecule has 0 bridgehead atoms. The fourth-order valence-corrected chi connectivity index (χ4v) is 1.46. The minimum Gasteiger partial charge on any atom is -0.314 e. The zero-order chi connectivity index (χ0) is 9.52. The number of nitrogens with one attached hydrogen (secondary N) is 1. The second kappa shape index (κ2) is 6.25. The summed E-state index contributed by atoms with van der Waals surface area (Å²) < 4.78 is 0. The molecule has 1 aromatic rings. The standard InChI is InChI=1S/C10H13Cl2N/c11-6-7-13-8-10(12)9-4-2-1-3-5-9/h1-5,10,13H,6-8H2. The molecule has 1 nitrogen and oxygen atoms in total. The Morgan fingerprint density at radius 3 is 2.54 bits per heavy atom. The van der Waals surface area contributed by atoms with E-state index in [4.69, 9.17) is 23.2 Å². The lowest BCUT2D eigenvalue weighted by molar-refractivity contribution is 0.705. The molecule has 1 aromatic carbocycles. The molecule has 0 saturated carbocycles. The van der Waals surface area contributed by atoms with Crippen molar-refractivity contribution in [3.8, 4) is 0 Å². The van der Waals surface area contributed by atoms with E-state index in [0.29, 0.717) is 5.88 Å². The van der Waals surface area contributed by atoms with Crippen LogP contribution in [0.15, 0.2) is 30.3 Å². The summed E-state index contributed by atoms with van der Waals surface area (Å²) in [5.41, 5.74) is 1.14. The summed E-state index contributed by atoms with van der Waals surface area (Å²) in [4.78, 5) is 0. The summed E-state index contributed by atoms with van der Waals surface area (Å²) in [5.74, 6) is 0.623. The SMILES string of the molecule is ClCCNCC(Cl)c1ccccc1. The molecular weight excluding hydrogens is 205 g/mol. The summed E-state index contributed by atoms with van der Waals surface area (Å²) in [6, 6.07) is 10.0. The Hall–Kier alpha value is -0.240. The first-order valence-electron chi connectivity index (χ1n) is 4.30. The van der Waals surface area contributed by atoms with Gasteiger partial charge in [-0.3, -0.25) is 0 Å². The summed E-state index contributed by atoms with van der Waals surface area (Å²) in [5, 5.41) is 3.20. The molecule has 0 aliphatic rings. The Morgan fingerprint density at radius 2 is 1.92 bits per heavy atom. The lowest BCUT2D eigenvalue weighted by Gasteiger charge is -2.09. The van der Waals surface area contributed by atoms with Crippen LogP contribution in [0.3, 0.4) is 0 Å². The molecule has 0 spiro atoms. The van der Waals surface area contributed by atoms with Crippen LogP contribution in [0.5, 0.6) is 0 Å². The van der Waals surface area contributed by atoms with Crippen molar-refractivity contribution in [1.29, 1.82) is 0 Å². The van der Waals surface area contributed by atoms with Crippen LogP contribution >= 0.6 is 23.2 Å². The molecule has 0 radical (unpaired) electrons. The second-order valence-corrected chi connectivity index (χ2v) is 3.68. The molecule has 1 unspecified atom stereocenters. The topological polar surface area (TPSA) is 12.0 Å². The van der Waals surface area contributed by atoms with Crippen LogP contribution in [-0.4, -0.2) is 19.0 Å². The predicted octanol–water partition coefficient (Wildman–Crippen LogP) is 2.79. The van der Waals surface area contributed by atoms with Crippen LogP contribution in [0.25, 0.3) is 0 Å². The molecule has 1 N–H and O–H groups in total. The summed E-state index contributed by atoms with van der Waals surface area (Å²) >= 11 is 11.7. The summed E-state index contributed by atoms with van der Waals surface area (Å²) in [6.07, 6.45) is 0. The van der Waals surface area contributed by atoms with Crippen LogP contribution in [0, 0.1) is 0 Å². The maximum atomic E-state index is 6.14. The highest BCUT2D eigenvalue weighted by molar-refractivity contribution is 6.21. The lowest BCUT2D eigenvalue weighted by Crippen LogP contribution is -2.21. The van der Waals surface area contributed by atoms with E-state index < -0.39 is 0 Å². The number of alkyl halides is 2. The van der Waals surface area contributed by atoms with Gasteiger partial charge >= 0.3 is 0 Å². The maximum Gasteiger partial charge on any atom is 0.0709 e. The quantitative estimate of drug-likeness (QED) is 0.591. The van der Waals surface area contributed by atoms with Gasteiger partial charge in [-0.25, -0.2) is 0 Å². The smallest absolute Gasteiger partial charge is 0.0709 e. The van der Waals surface area contributed by atoms with Gasteiger partial charge in [-0.2, -0.15) is 0 Å². The van der Waals surface area contributed by atoms with E-state index in [1.165, 1.54) is 0 Å². The first-order valence-corrected chi connectivity index (χ1v) is 5.27. The number of hydrogen-bond acceptors (Lipinski definition) is 1. The van der Waals surface area contributed by atoms with Gasteiger partial charge in [0, 0.05) is 19.0 Å². The molecule has 0 fully saturated rings. The number of benzene rings is 1. The van der Waals surface area contributed by atoms with Gasteiger partial charge < -0.3 is 5.32 Å². The Bertz CT molecular complexity index is 226. The second-order valence-electron chi connectivity index (χ2n) is 2.77. The molecule has 1 rings (SSSR count). The molecule has 0 amide bonds. The Balaban J connectivity index is 2.35. The monoisotopic (exact) mass is 217 g/mol. The Labute approximate surface area is 89.0 Å². The average Bonchev–Trinajstić information content (AvgIpc) is 2.19. The van der Waals surface area contributed by atoms with Gasteiger partial charge in [0.05, 0.1) is 5.38 Å². The first kappa shape index (κ1) is 10.8. The van der Waals surface area contributed by atoms with Gasteiger partial charge in [-0.05, 0) is 5.56 Å². The third kappa shape index (κ3) is 3.99. The van der Waals surface area contributed by atoms with Crippen molar-refractivity contribution in [2.75, 3.05) is 19.0 Å². The molecule has 0 aliphatic heterocycles. The van der Waals surface area contributed by atoms with Gasteiger partial charge in [-0.15, -0.1) is 23.2 Å². The Kier molecular flexibility index (Phi) is 5.21. The molecule has 0 aromatic heterocycles. The predicted molar refractivity (Wildman–Crippen MR) is 58.6 cm³/mol. The maximum absolute atomic E-state index is 6.14. The molecule has 0 aliphatic carbocycles. The molecular formula is C10H13Cl2N. The van der Waals surface area contributed by atoms with Crippen molar-refractivity contribution in [2.24, 2.45) is 0 Å². The minimum absolute atomic E-state index is 0.0319. The number of halogens is 2. The number of rotatable bonds is 5.